The molecule has 1 aliphatic heterocycles. The van der Waals surface area contributed by atoms with E-state index in [2.05, 4.69) is 35.0 Å². The van der Waals surface area contributed by atoms with Gasteiger partial charge in [0.05, 0.1) is 11.6 Å². The molecule has 1 aromatic carbocycles. The molecule has 29 heavy (non-hydrogen) atoms. The number of amides is 1. The molecule has 154 valence electrons. The van der Waals surface area contributed by atoms with Gasteiger partial charge in [-0.25, -0.2) is 0 Å². The molecule has 7 heteroatoms. The molecule has 0 aliphatic carbocycles. The molecule has 3 rings (SSSR count). The monoisotopic (exact) mass is 395 g/mol. The van der Waals surface area contributed by atoms with Crippen LogP contribution in [-0.2, 0) is 24.2 Å². The molecule has 7 nitrogen and oxygen atoms in total. The fourth-order valence-corrected chi connectivity index (χ4v) is 3.74. The van der Waals surface area contributed by atoms with E-state index in [0.29, 0.717) is 24.3 Å². The molecule has 0 unspecified atom stereocenters. The highest BCUT2D eigenvalue weighted by Gasteiger charge is 2.27. The highest BCUT2D eigenvalue weighted by Crippen LogP contribution is 2.16. The SMILES string of the molecule is CCCc1noc(CCCC(=O)N2CCN(Cc3ccc(C#N)cc3)C[C@H]2C)n1. The van der Waals surface area contributed by atoms with Crippen LogP contribution in [-0.4, -0.2) is 51.5 Å². The topological polar surface area (TPSA) is 86.3 Å². The predicted molar refractivity (Wildman–Crippen MR) is 109 cm³/mol. The van der Waals surface area contributed by atoms with Crippen LogP contribution in [0.4, 0.5) is 0 Å². The number of aromatic nitrogens is 2. The molecular weight excluding hydrogens is 366 g/mol. The molecule has 0 bridgehead atoms. The summed E-state index contributed by atoms with van der Waals surface area (Å²) in [6.07, 6.45) is 3.70. The fourth-order valence-electron chi connectivity index (χ4n) is 3.74. The van der Waals surface area contributed by atoms with Crippen LogP contribution >= 0.6 is 0 Å². The third-order valence-electron chi connectivity index (χ3n) is 5.29. The molecule has 1 amide bonds. The Morgan fingerprint density at radius 3 is 2.76 bits per heavy atom. The van der Waals surface area contributed by atoms with Crippen LogP contribution in [0.3, 0.4) is 0 Å². The summed E-state index contributed by atoms with van der Waals surface area (Å²) in [7, 11) is 0. The van der Waals surface area contributed by atoms with Crippen molar-refractivity contribution in [1.29, 1.82) is 5.26 Å². The Morgan fingerprint density at radius 2 is 2.07 bits per heavy atom. The molecule has 0 saturated carbocycles. The lowest BCUT2D eigenvalue weighted by Gasteiger charge is -2.40. The molecule has 1 atom stereocenters. The van der Waals surface area contributed by atoms with Gasteiger partial charge in [0, 0.05) is 51.5 Å². The second-order valence-electron chi connectivity index (χ2n) is 7.69. The van der Waals surface area contributed by atoms with E-state index in [0.717, 1.165) is 51.3 Å². The molecule has 1 aliphatic rings. The number of carbonyl (C=O) groups excluding carboxylic acids is 1. The van der Waals surface area contributed by atoms with E-state index >= 15 is 0 Å². The normalized spacial score (nSPS) is 17.3. The zero-order valence-electron chi connectivity index (χ0n) is 17.3. The summed E-state index contributed by atoms with van der Waals surface area (Å²) in [6, 6.07) is 10.1. The first-order valence-corrected chi connectivity index (χ1v) is 10.4. The van der Waals surface area contributed by atoms with Gasteiger partial charge in [-0.05, 0) is 37.5 Å². The molecule has 0 N–H and O–H groups in total. The Hall–Kier alpha value is -2.72. The quantitative estimate of drug-likeness (QED) is 0.683. The number of nitrogens with zero attached hydrogens (tertiary/aromatic N) is 5. The fraction of sp³-hybridized carbons (Fsp3) is 0.545. The Balaban J connectivity index is 1.42. The summed E-state index contributed by atoms with van der Waals surface area (Å²) < 4.78 is 5.24. The van der Waals surface area contributed by atoms with Crippen molar-refractivity contribution in [2.75, 3.05) is 19.6 Å². The lowest BCUT2D eigenvalue weighted by atomic mass is 10.1. The first-order valence-electron chi connectivity index (χ1n) is 10.4. The molecular formula is C22H29N5O2. The van der Waals surface area contributed by atoms with Gasteiger partial charge in [-0.3, -0.25) is 9.69 Å². The summed E-state index contributed by atoms with van der Waals surface area (Å²) >= 11 is 0. The van der Waals surface area contributed by atoms with Gasteiger partial charge in [-0.2, -0.15) is 10.2 Å². The summed E-state index contributed by atoms with van der Waals surface area (Å²) in [5.41, 5.74) is 1.87. The number of piperazine rings is 1. The molecule has 0 spiro atoms. The Labute approximate surface area is 172 Å². The minimum atomic E-state index is 0.189. The lowest BCUT2D eigenvalue weighted by Crippen LogP contribution is -2.53. The first kappa shape index (κ1) is 21.0. The molecule has 1 fully saturated rings. The van der Waals surface area contributed by atoms with Gasteiger partial charge < -0.3 is 9.42 Å². The zero-order valence-corrected chi connectivity index (χ0v) is 17.3. The van der Waals surface area contributed by atoms with Gasteiger partial charge in [0.25, 0.3) is 0 Å². The predicted octanol–water partition coefficient (Wildman–Crippen LogP) is 2.95. The second kappa shape index (κ2) is 10.2. The van der Waals surface area contributed by atoms with E-state index in [4.69, 9.17) is 9.78 Å². The lowest BCUT2D eigenvalue weighted by molar-refractivity contribution is -0.135. The molecule has 2 aromatic rings. The Kier molecular flexibility index (Phi) is 7.36. The van der Waals surface area contributed by atoms with Crippen molar-refractivity contribution in [2.24, 2.45) is 0 Å². The summed E-state index contributed by atoms with van der Waals surface area (Å²) in [6.45, 7) is 7.50. The van der Waals surface area contributed by atoms with Crippen molar-refractivity contribution in [2.45, 2.75) is 58.5 Å². The van der Waals surface area contributed by atoms with Crippen molar-refractivity contribution in [1.82, 2.24) is 19.9 Å². The van der Waals surface area contributed by atoms with Crippen molar-refractivity contribution >= 4 is 5.91 Å². The number of hydrogen-bond donors (Lipinski definition) is 0. The third kappa shape index (κ3) is 5.88. The average molecular weight is 396 g/mol. The number of hydrogen-bond acceptors (Lipinski definition) is 6. The number of benzene rings is 1. The first-order chi connectivity index (χ1) is 14.1. The number of aryl methyl sites for hydroxylation is 2. The van der Waals surface area contributed by atoms with Crippen LogP contribution in [0.15, 0.2) is 28.8 Å². The minimum absolute atomic E-state index is 0.189. The second-order valence-corrected chi connectivity index (χ2v) is 7.69. The summed E-state index contributed by atoms with van der Waals surface area (Å²) in [4.78, 5) is 21.4. The van der Waals surface area contributed by atoms with Gasteiger partial charge in [0.2, 0.25) is 11.8 Å². The average Bonchev–Trinajstić information content (AvgIpc) is 3.16. The Morgan fingerprint density at radius 1 is 1.28 bits per heavy atom. The van der Waals surface area contributed by atoms with Crippen molar-refractivity contribution in [3.05, 3.63) is 47.1 Å². The highest BCUT2D eigenvalue weighted by molar-refractivity contribution is 5.76. The standard InChI is InChI=1S/C22H29N5O2/c1-3-5-20-24-21(29-25-20)6-4-7-22(28)27-13-12-26(15-17(27)2)16-19-10-8-18(14-23)9-11-19/h8-11,17H,3-7,12-13,15-16H2,1-2H3/t17-/m1/s1. The van der Waals surface area contributed by atoms with Crippen molar-refractivity contribution in [3.63, 3.8) is 0 Å². The van der Waals surface area contributed by atoms with E-state index in [1.54, 1.807) is 0 Å². The molecule has 1 aromatic heterocycles. The van der Waals surface area contributed by atoms with E-state index in [9.17, 15) is 4.79 Å². The maximum atomic E-state index is 12.7. The minimum Gasteiger partial charge on any atom is -0.339 e. The number of carbonyl (C=O) groups is 1. The van der Waals surface area contributed by atoms with Crippen LogP contribution in [0.1, 0.15) is 56.0 Å². The van der Waals surface area contributed by atoms with Crippen molar-refractivity contribution in [3.8, 4) is 6.07 Å². The van der Waals surface area contributed by atoms with E-state index < -0.39 is 0 Å². The Bertz CT molecular complexity index is 840. The maximum absolute atomic E-state index is 12.7. The highest BCUT2D eigenvalue weighted by atomic mass is 16.5. The number of nitriles is 1. The largest absolute Gasteiger partial charge is 0.339 e. The van der Waals surface area contributed by atoms with Gasteiger partial charge in [0.1, 0.15) is 0 Å². The molecule has 1 saturated heterocycles. The van der Waals surface area contributed by atoms with Gasteiger partial charge in [-0.15, -0.1) is 0 Å². The van der Waals surface area contributed by atoms with E-state index in [-0.39, 0.29) is 11.9 Å². The van der Waals surface area contributed by atoms with Gasteiger partial charge >= 0.3 is 0 Å². The van der Waals surface area contributed by atoms with Crippen LogP contribution < -0.4 is 0 Å². The van der Waals surface area contributed by atoms with Crippen LogP contribution in [0.2, 0.25) is 0 Å². The molecule has 0 radical (unpaired) electrons. The van der Waals surface area contributed by atoms with E-state index in [1.165, 1.54) is 5.56 Å². The van der Waals surface area contributed by atoms with Crippen LogP contribution in [0.5, 0.6) is 0 Å². The van der Waals surface area contributed by atoms with Gasteiger partial charge in [-0.1, -0.05) is 24.2 Å². The smallest absolute Gasteiger partial charge is 0.226 e. The van der Waals surface area contributed by atoms with Crippen LogP contribution in [0.25, 0.3) is 0 Å². The summed E-state index contributed by atoms with van der Waals surface area (Å²) in [5, 5.41) is 12.9. The van der Waals surface area contributed by atoms with Gasteiger partial charge in [0.15, 0.2) is 5.82 Å². The third-order valence-corrected chi connectivity index (χ3v) is 5.29. The molecule has 2 heterocycles. The summed E-state index contributed by atoms with van der Waals surface area (Å²) in [5.74, 6) is 1.58. The number of rotatable bonds is 8. The van der Waals surface area contributed by atoms with E-state index in [1.807, 2.05) is 29.2 Å². The maximum Gasteiger partial charge on any atom is 0.226 e. The zero-order chi connectivity index (χ0) is 20.6. The van der Waals surface area contributed by atoms with Crippen molar-refractivity contribution < 1.29 is 9.32 Å². The van der Waals surface area contributed by atoms with Crippen LogP contribution in [0, 0.1) is 11.3 Å².